The van der Waals surface area contributed by atoms with E-state index in [1.807, 2.05) is 18.4 Å². The van der Waals surface area contributed by atoms with Crippen molar-refractivity contribution in [2.75, 3.05) is 26.4 Å². The monoisotopic (exact) mass is 310 g/mol. The molecular formula is C15H22N2O3S. The van der Waals surface area contributed by atoms with Crippen LogP contribution in [0.5, 0.6) is 0 Å². The fourth-order valence-electron chi connectivity index (χ4n) is 1.81. The van der Waals surface area contributed by atoms with E-state index in [1.165, 1.54) is 9.80 Å². The highest BCUT2D eigenvalue weighted by Gasteiger charge is 2.16. The van der Waals surface area contributed by atoms with Gasteiger partial charge in [-0.25, -0.2) is 4.79 Å². The molecule has 0 saturated carbocycles. The average molecular weight is 310 g/mol. The molecule has 0 bridgehead atoms. The Balaban J connectivity index is 2.33. The number of carbonyl (C=O) groups is 2. The summed E-state index contributed by atoms with van der Waals surface area (Å²) in [5.74, 6) is -1.47. The van der Waals surface area contributed by atoms with E-state index in [0.717, 1.165) is 12.0 Å². The highest BCUT2D eigenvalue weighted by molar-refractivity contribution is 7.98. The second-order valence-corrected chi connectivity index (χ2v) is 5.83. The van der Waals surface area contributed by atoms with Crippen molar-refractivity contribution in [1.29, 1.82) is 0 Å². The zero-order chi connectivity index (χ0) is 15.8. The van der Waals surface area contributed by atoms with Crippen molar-refractivity contribution in [3.05, 3.63) is 29.8 Å². The smallest absolute Gasteiger partial charge is 0.317 e. The summed E-state index contributed by atoms with van der Waals surface area (Å²) >= 11 is 1.69. The molecule has 0 heterocycles. The molecule has 1 unspecified atom stereocenters. The van der Waals surface area contributed by atoms with Gasteiger partial charge in [-0.15, -0.1) is 11.8 Å². The van der Waals surface area contributed by atoms with E-state index in [4.69, 9.17) is 5.11 Å². The number of nitrogens with one attached hydrogen (secondary N) is 1. The largest absolute Gasteiger partial charge is 0.481 e. The van der Waals surface area contributed by atoms with Crippen molar-refractivity contribution >= 4 is 23.8 Å². The number of carboxylic acids is 1. The molecular weight excluding hydrogens is 288 g/mol. The average Bonchev–Trinajstić information content (AvgIpc) is 2.47. The number of aliphatic carboxylic acids is 1. The molecule has 6 heteroatoms. The number of rotatable bonds is 7. The molecule has 0 spiro atoms. The summed E-state index contributed by atoms with van der Waals surface area (Å²) in [6.45, 7) is 2.31. The second-order valence-electron chi connectivity index (χ2n) is 4.95. The van der Waals surface area contributed by atoms with Gasteiger partial charge in [-0.05, 0) is 30.4 Å². The normalized spacial score (nSPS) is 11.8. The van der Waals surface area contributed by atoms with Crippen molar-refractivity contribution in [2.24, 2.45) is 5.92 Å². The maximum atomic E-state index is 11.8. The van der Waals surface area contributed by atoms with Crippen LogP contribution in [0.15, 0.2) is 29.2 Å². The van der Waals surface area contributed by atoms with E-state index in [2.05, 4.69) is 17.4 Å². The van der Waals surface area contributed by atoms with Gasteiger partial charge >= 0.3 is 12.0 Å². The molecule has 0 saturated heterocycles. The summed E-state index contributed by atoms with van der Waals surface area (Å²) in [7, 11) is 1.60. The number of hydrogen-bond acceptors (Lipinski definition) is 3. The van der Waals surface area contributed by atoms with Crippen LogP contribution in [0, 0.1) is 5.92 Å². The molecule has 0 aromatic heterocycles. The van der Waals surface area contributed by atoms with Crippen LogP contribution in [0.4, 0.5) is 4.79 Å². The Morgan fingerprint density at radius 3 is 2.48 bits per heavy atom. The molecule has 0 radical (unpaired) electrons. The predicted molar refractivity (Wildman–Crippen MR) is 84.8 cm³/mol. The Morgan fingerprint density at radius 2 is 1.95 bits per heavy atom. The van der Waals surface area contributed by atoms with Crippen LogP contribution in [-0.2, 0) is 11.2 Å². The van der Waals surface area contributed by atoms with Crippen molar-refractivity contribution in [2.45, 2.75) is 18.2 Å². The lowest BCUT2D eigenvalue weighted by Gasteiger charge is -2.20. The van der Waals surface area contributed by atoms with Gasteiger partial charge in [-0.2, -0.15) is 0 Å². The lowest BCUT2D eigenvalue weighted by atomic mass is 10.1. The molecule has 1 atom stereocenters. The number of carboxylic acid groups (broad SMARTS) is 1. The van der Waals surface area contributed by atoms with Gasteiger partial charge in [-0.3, -0.25) is 4.79 Å². The molecule has 1 aromatic rings. The van der Waals surface area contributed by atoms with Crippen molar-refractivity contribution < 1.29 is 14.7 Å². The highest BCUT2D eigenvalue weighted by atomic mass is 32.2. The summed E-state index contributed by atoms with van der Waals surface area (Å²) in [5, 5.41) is 11.6. The van der Waals surface area contributed by atoms with Gasteiger partial charge in [0, 0.05) is 25.0 Å². The number of nitrogens with zero attached hydrogens (tertiary/aromatic N) is 1. The first-order valence-electron chi connectivity index (χ1n) is 6.78. The van der Waals surface area contributed by atoms with Crippen LogP contribution in [0.3, 0.4) is 0 Å². The first-order valence-corrected chi connectivity index (χ1v) is 8.01. The number of benzene rings is 1. The Kier molecular flexibility index (Phi) is 7.08. The molecule has 2 amide bonds. The summed E-state index contributed by atoms with van der Waals surface area (Å²) in [6, 6.07) is 7.97. The first-order chi connectivity index (χ1) is 9.93. The fourth-order valence-corrected chi connectivity index (χ4v) is 2.22. The Labute approximate surface area is 129 Å². The molecule has 0 fully saturated rings. The zero-order valence-electron chi connectivity index (χ0n) is 12.6. The Hall–Kier alpha value is -1.69. The molecule has 5 nitrogen and oxygen atoms in total. The van der Waals surface area contributed by atoms with Crippen molar-refractivity contribution in [3.63, 3.8) is 0 Å². The minimum absolute atomic E-state index is 0.198. The molecule has 0 aliphatic heterocycles. The molecule has 21 heavy (non-hydrogen) atoms. The third kappa shape index (κ3) is 6.08. The number of carbonyl (C=O) groups excluding carboxylic acids is 1. The lowest BCUT2D eigenvalue weighted by Crippen LogP contribution is -2.41. The summed E-state index contributed by atoms with van der Waals surface area (Å²) in [4.78, 5) is 25.2. The van der Waals surface area contributed by atoms with Gasteiger partial charge in [-0.1, -0.05) is 19.1 Å². The number of hydrogen-bond donors (Lipinski definition) is 2. The first kappa shape index (κ1) is 17.4. The molecule has 116 valence electrons. The molecule has 2 N–H and O–H groups in total. The minimum Gasteiger partial charge on any atom is -0.481 e. The van der Waals surface area contributed by atoms with Crippen LogP contribution in [0.1, 0.15) is 12.5 Å². The van der Waals surface area contributed by atoms with Crippen molar-refractivity contribution in [1.82, 2.24) is 10.2 Å². The van der Waals surface area contributed by atoms with Crippen molar-refractivity contribution in [3.8, 4) is 0 Å². The Morgan fingerprint density at radius 1 is 1.33 bits per heavy atom. The highest BCUT2D eigenvalue weighted by Crippen LogP contribution is 2.14. The van der Waals surface area contributed by atoms with E-state index >= 15 is 0 Å². The van der Waals surface area contributed by atoms with Crippen LogP contribution < -0.4 is 5.32 Å². The SMILES string of the molecule is CSc1ccc(CCNC(=O)N(C)CC(C)C(=O)O)cc1. The summed E-state index contributed by atoms with van der Waals surface area (Å²) < 4.78 is 0. The standard InChI is InChI=1S/C15H22N2O3S/c1-11(14(18)19)10-17(2)15(20)16-9-8-12-4-6-13(21-3)7-5-12/h4-7,11H,8-10H2,1-3H3,(H,16,20)(H,18,19). The van der Waals surface area contributed by atoms with Gasteiger partial charge in [0.15, 0.2) is 0 Å². The van der Waals surface area contributed by atoms with Crippen LogP contribution in [-0.4, -0.2) is 48.4 Å². The molecule has 0 aliphatic rings. The molecule has 1 rings (SSSR count). The van der Waals surface area contributed by atoms with Gasteiger partial charge in [0.25, 0.3) is 0 Å². The Bertz CT molecular complexity index is 476. The molecule has 0 aliphatic carbocycles. The van der Waals surface area contributed by atoms with Gasteiger partial charge in [0.1, 0.15) is 0 Å². The topological polar surface area (TPSA) is 69.6 Å². The number of amides is 2. The van der Waals surface area contributed by atoms with Gasteiger partial charge < -0.3 is 15.3 Å². The van der Waals surface area contributed by atoms with E-state index < -0.39 is 11.9 Å². The maximum absolute atomic E-state index is 11.8. The van der Waals surface area contributed by atoms with Gasteiger partial charge in [0.2, 0.25) is 0 Å². The fraction of sp³-hybridized carbons (Fsp3) is 0.467. The second kappa shape index (κ2) is 8.56. The molecule has 1 aromatic carbocycles. The number of thioether (sulfide) groups is 1. The van der Waals surface area contributed by atoms with E-state index in [-0.39, 0.29) is 12.6 Å². The summed E-state index contributed by atoms with van der Waals surface area (Å²) in [6.07, 6.45) is 2.78. The van der Waals surface area contributed by atoms with Gasteiger partial charge in [0.05, 0.1) is 5.92 Å². The zero-order valence-corrected chi connectivity index (χ0v) is 13.4. The van der Waals surface area contributed by atoms with Crippen LogP contribution >= 0.6 is 11.8 Å². The lowest BCUT2D eigenvalue weighted by molar-refractivity contribution is -0.141. The van der Waals surface area contributed by atoms with Crippen LogP contribution in [0.25, 0.3) is 0 Å². The summed E-state index contributed by atoms with van der Waals surface area (Å²) in [5.41, 5.74) is 1.16. The third-order valence-corrected chi connectivity index (χ3v) is 3.91. The quantitative estimate of drug-likeness (QED) is 0.758. The number of urea groups is 1. The van der Waals surface area contributed by atoms with E-state index in [0.29, 0.717) is 6.54 Å². The van der Waals surface area contributed by atoms with E-state index in [1.54, 1.807) is 25.7 Å². The predicted octanol–water partition coefficient (Wildman–Crippen LogP) is 2.31. The minimum atomic E-state index is -0.900. The van der Waals surface area contributed by atoms with Crippen LogP contribution in [0.2, 0.25) is 0 Å². The van der Waals surface area contributed by atoms with E-state index in [9.17, 15) is 9.59 Å². The third-order valence-electron chi connectivity index (χ3n) is 3.16. The maximum Gasteiger partial charge on any atom is 0.317 e.